The third-order valence-electron chi connectivity index (χ3n) is 2.97. The number of carbonyl (C=O) groups is 1. The molecule has 0 spiro atoms. The highest BCUT2D eigenvalue weighted by atomic mass is 31.2. The van der Waals surface area contributed by atoms with Gasteiger partial charge in [0.2, 0.25) is 0 Å². The second-order valence-electron chi connectivity index (χ2n) is 4.47. The minimum atomic E-state index is -3.29. The van der Waals surface area contributed by atoms with Crippen LogP contribution in [0, 0.1) is 5.92 Å². The maximum absolute atomic E-state index is 12.6. The molecule has 0 amide bonds. The van der Waals surface area contributed by atoms with E-state index >= 15 is 0 Å². The Kier molecular flexibility index (Phi) is 7.05. The lowest BCUT2D eigenvalue weighted by Crippen LogP contribution is -2.25. The zero-order valence-electron chi connectivity index (χ0n) is 12.3. The quantitative estimate of drug-likeness (QED) is 0.674. The Labute approximate surface area is 124 Å². The molecular formula is C14H22NO5P. The molecule has 0 unspecified atom stereocenters. The summed E-state index contributed by atoms with van der Waals surface area (Å²) in [7, 11) is -3.29. The number of nitrogens with two attached hydrogens (primary N) is 1. The minimum Gasteiger partial charge on any atom is -0.481 e. The van der Waals surface area contributed by atoms with Crippen LogP contribution in [-0.4, -0.2) is 30.8 Å². The van der Waals surface area contributed by atoms with Crippen molar-refractivity contribution in [1.82, 2.24) is 0 Å². The number of hydrogen-bond acceptors (Lipinski definition) is 5. The molecular weight excluding hydrogens is 293 g/mol. The number of carboxylic acid groups (broad SMARTS) is 1. The van der Waals surface area contributed by atoms with Crippen LogP contribution in [0.5, 0.6) is 0 Å². The summed E-state index contributed by atoms with van der Waals surface area (Å²) in [6, 6.07) is 6.75. The second-order valence-corrected chi connectivity index (χ2v) is 6.50. The first kappa shape index (κ1) is 17.9. The standard InChI is InChI=1S/C14H22NO5P/c1-3-19-21(18,20-4-2)13-7-5-11(6-8-13)9-12(10-15)14(16)17/h5-8,12H,3-4,9-10,15H2,1-2H3,(H,16,17)/t12-/m0/s1. The van der Waals surface area contributed by atoms with Crippen molar-refractivity contribution in [1.29, 1.82) is 0 Å². The fourth-order valence-electron chi connectivity index (χ4n) is 1.90. The number of rotatable bonds is 9. The summed E-state index contributed by atoms with van der Waals surface area (Å²) >= 11 is 0. The highest BCUT2D eigenvalue weighted by Gasteiger charge is 2.26. The molecule has 3 N–H and O–H groups in total. The van der Waals surface area contributed by atoms with Gasteiger partial charge in [0.25, 0.3) is 0 Å². The second kappa shape index (κ2) is 8.29. The van der Waals surface area contributed by atoms with E-state index < -0.39 is 19.5 Å². The molecule has 6 nitrogen and oxygen atoms in total. The lowest BCUT2D eigenvalue weighted by atomic mass is 10.00. The molecule has 0 saturated heterocycles. The summed E-state index contributed by atoms with van der Waals surface area (Å²) in [4.78, 5) is 11.0. The average Bonchev–Trinajstić information content (AvgIpc) is 2.45. The Morgan fingerprint density at radius 3 is 2.14 bits per heavy atom. The van der Waals surface area contributed by atoms with E-state index in [0.717, 1.165) is 5.56 Å². The van der Waals surface area contributed by atoms with Gasteiger partial charge in [-0.1, -0.05) is 12.1 Å². The summed E-state index contributed by atoms with van der Waals surface area (Å²) < 4.78 is 23.1. The van der Waals surface area contributed by atoms with Gasteiger partial charge in [-0.05, 0) is 38.0 Å². The first-order chi connectivity index (χ1) is 9.96. The zero-order chi connectivity index (χ0) is 15.9. The van der Waals surface area contributed by atoms with Crippen LogP contribution in [0.3, 0.4) is 0 Å². The minimum absolute atomic E-state index is 0.0769. The molecule has 1 rings (SSSR count). The fraction of sp³-hybridized carbons (Fsp3) is 0.500. The van der Waals surface area contributed by atoms with Gasteiger partial charge >= 0.3 is 13.6 Å². The molecule has 0 aliphatic carbocycles. The van der Waals surface area contributed by atoms with Crippen LogP contribution in [0.2, 0.25) is 0 Å². The summed E-state index contributed by atoms with van der Waals surface area (Å²) in [6.45, 7) is 4.14. The lowest BCUT2D eigenvalue weighted by molar-refractivity contribution is -0.141. The van der Waals surface area contributed by atoms with Gasteiger partial charge in [-0.25, -0.2) is 0 Å². The molecule has 1 aromatic carbocycles. The SMILES string of the molecule is CCOP(=O)(OCC)c1ccc(C[C@@H](CN)C(=O)O)cc1. The molecule has 1 atom stereocenters. The van der Waals surface area contributed by atoms with Gasteiger partial charge in [-0.3, -0.25) is 9.36 Å². The van der Waals surface area contributed by atoms with Crippen molar-refractivity contribution in [3.05, 3.63) is 29.8 Å². The summed E-state index contributed by atoms with van der Waals surface area (Å²) in [5, 5.41) is 9.46. The predicted molar refractivity (Wildman–Crippen MR) is 80.8 cm³/mol. The molecule has 0 heterocycles. The van der Waals surface area contributed by atoms with E-state index in [-0.39, 0.29) is 19.8 Å². The summed E-state index contributed by atoms with van der Waals surface area (Å²) in [5.74, 6) is -1.54. The van der Waals surface area contributed by atoms with Crippen LogP contribution in [0.4, 0.5) is 0 Å². The number of benzene rings is 1. The third kappa shape index (κ3) is 4.93. The Bertz CT molecular complexity index is 493. The highest BCUT2D eigenvalue weighted by Crippen LogP contribution is 2.46. The Hall–Kier alpha value is -1.20. The first-order valence-electron chi connectivity index (χ1n) is 6.88. The van der Waals surface area contributed by atoms with Crippen molar-refractivity contribution in [2.24, 2.45) is 11.7 Å². The zero-order valence-corrected chi connectivity index (χ0v) is 13.2. The van der Waals surface area contributed by atoms with Gasteiger partial charge in [0, 0.05) is 6.54 Å². The van der Waals surface area contributed by atoms with Gasteiger partial charge < -0.3 is 19.9 Å². The molecule has 1 aromatic rings. The number of hydrogen-bond donors (Lipinski definition) is 2. The van der Waals surface area contributed by atoms with Gasteiger partial charge in [-0.15, -0.1) is 0 Å². The van der Waals surface area contributed by atoms with Crippen LogP contribution in [0.25, 0.3) is 0 Å². The molecule has 21 heavy (non-hydrogen) atoms. The smallest absolute Gasteiger partial charge is 0.361 e. The van der Waals surface area contributed by atoms with E-state index in [0.29, 0.717) is 11.7 Å². The van der Waals surface area contributed by atoms with E-state index in [1.807, 2.05) is 0 Å². The predicted octanol–water partition coefficient (Wildman–Crippen LogP) is 1.78. The largest absolute Gasteiger partial charge is 0.481 e. The first-order valence-corrected chi connectivity index (χ1v) is 8.42. The van der Waals surface area contributed by atoms with E-state index in [1.165, 1.54) is 0 Å². The van der Waals surface area contributed by atoms with Crippen LogP contribution in [0.1, 0.15) is 19.4 Å². The van der Waals surface area contributed by atoms with Gasteiger partial charge in [0.05, 0.1) is 24.4 Å². The molecule has 7 heteroatoms. The van der Waals surface area contributed by atoms with Crippen molar-refractivity contribution in [3.8, 4) is 0 Å². The fourth-order valence-corrected chi connectivity index (χ4v) is 3.46. The molecule has 0 fully saturated rings. The Morgan fingerprint density at radius 2 is 1.76 bits per heavy atom. The van der Waals surface area contributed by atoms with Crippen molar-refractivity contribution in [3.63, 3.8) is 0 Å². The number of aliphatic carboxylic acids is 1. The summed E-state index contributed by atoms with van der Waals surface area (Å²) in [5.41, 5.74) is 6.25. The number of carboxylic acids is 1. The molecule has 0 aliphatic heterocycles. The van der Waals surface area contributed by atoms with Crippen LogP contribution >= 0.6 is 7.60 Å². The normalized spacial score (nSPS) is 13.1. The van der Waals surface area contributed by atoms with Gasteiger partial charge in [-0.2, -0.15) is 0 Å². The van der Waals surface area contributed by atoms with Crippen LogP contribution in [0.15, 0.2) is 24.3 Å². The van der Waals surface area contributed by atoms with Crippen molar-refractivity contribution < 1.29 is 23.5 Å². The maximum atomic E-state index is 12.6. The van der Waals surface area contributed by atoms with Crippen LogP contribution < -0.4 is 11.0 Å². The topological polar surface area (TPSA) is 98.9 Å². The van der Waals surface area contributed by atoms with E-state index in [1.54, 1.807) is 38.1 Å². The monoisotopic (exact) mass is 315 g/mol. The Morgan fingerprint density at radius 1 is 1.24 bits per heavy atom. The third-order valence-corrected chi connectivity index (χ3v) is 5.09. The highest BCUT2D eigenvalue weighted by molar-refractivity contribution is 7.62. The molecule has 0 saturated carbocycles. The van der Waals surface area contributed by atoms with Crippen molar-refractivity contribution in [2.45, 2.75) is 20.3 Å². The molecule has 0 bridgehead atoms. The summed E-state index contributed by atoms with van der Waals surface area (Å²) in [6.07, 6.45) is 0.333. The maximum Gasteiger partial charge on any atom is 0.361 e. The van der Waals surface area contributed by atoms with Crippen LogP contribution in [-0.2, 0) is 24.8 Å². The van der Waals surface area contributed by atoms with E-state index in [2.05, 4.69) is 0 Å². The molecule has 0 radical (unpaired) electrons. The van der Waals surface area contributed by atoms with E-state index in [4.69, 9.17) is 19.9 Å². The van der Waals surface area contributed by atoms with Gasteiger partial charge in [0.15, 0.2) is 0 Å². The molecule has 118 valence electrons. The average molecular weight is 315 g/mol. The van der Waals surface area contributed by atoms with Crippen molar-refractivity contribution in [2.75, 3.05) is 19.8 Å². The lowest BCUT2D eigenvalue weighted by Gasteiger charge is -2.17. The van der Waals surface area contributed by atoms with Gasteiger partial charge in [0.1, 0.15) is 0 Å². The molecule has 0 aromatic heterocycles. The van der Waals surface area contributed by atoms with Crippen molar-refractivity contribution >= 4 is 18.9 Å². The molecule has 0 aliphatic rings. The van der Waals surface area contributed by atoms with E-state index in [9.17, 15) is 9.36 Å². The Balaban J connectivity index is 2.90.